The minimum atomic E-state index is -3.62. The van der Waals surface area contributed by atoms with Crippen molar-refractivity contribution in [3.63, 3.8) is 0 Å². The normalized spacial score (nSPS) is 11.4. The van der Waals surface area contributed by atoms with Crippen molar-refractivity contribution in [2.24, 2.45) is 0 Å². The van der Waals surface area contributed by atoms with E-state index in [-0.39, 0.29) is 10.8 Å². The van der Waals surface area contributed by atoms with Crippen molar-refractivity contribution in [2.75, 3.05) is 11.9 Å². The molecular weight excluding hydrogens is 400 g/mol. The number of carbonyl (C=O) groups is 1. The van der Waals surface area contributed by atoms with Gasteiger partial charge in [0.25, 0.3) is 5.91 Å². The molecule has 3 aromatic rings. The van der Waals surface area contributed by atoms with Gasteiger partial charge in [0.15, 0.2) is 0 Å². The number of nitrogens with zero attached hydrogens (tertiary/aromatic N) is 2. The van der Waals surface area contributed by atoms with E-state index in [2.05, 4.69) is 15.1 Å². The Morgan fingerprint density at radius 2 is 1.87 bits per heavy atom. The molecule has 0 saturated heterocycles. The molecule has 0 fully saturated rings. The second kappa shape index (κ2) is 9.23. The van der Waals surface area contributed by atoms with E-state index >= 15 is 0 Å². The minimum absolute atomic E-state index is 0.114. The van der Waals surface area contributed by atoms with Crippen LogP contribution in [0.5, 0.6) is 0 Å². The highest BCUT2D eigenvalue weighted by Gasteiger charge is 2.17. The van der Waals surface area contributed by atoms with Crippen molar-refractivity contribution in [1.82, 2.24) is 14.5 Å². The number of benzene rings is 2. The summed E-state index contributed by atoms with van der Waals surface area (Å²) in [5.74, 6) is -0.347. The van der Waals surface area contributed by atoms with Gasteiger partial charge >= 0.3 is 0 Å². The van der Waals surface area contributed by atoms with E-state index in [1.165, 1.54) is 18.3 Å². The molecule has 8 heteroatoms. The van der Waals surface area contributed by atoms with Crippen LogP contribution in [0.1, 0.15) is 41.4 Å². The summed E-state index contributed by atoms with van der Waals surface area (Å²) >= 11 is 0. The van der Waals surface area contributed by atoms with Crippen LogP contribution in [0.4, 0.5) is 5.69 Å². The fraction of sp³-hybridized carbons (Fsp3) is 0.273. The quantitative estimate of drug-likeness (QED) is 0.536. The summed E-state index contributed by atoms with van der Waals surface area (Å²) < 4.78 is 29.1. The number of hydrogen-bond acceptors (Lipinski definition) is 4. The molecule has 1 heterocycles. The van der Waals surface area contributed by atoms with E-state index in [4.69, 9.17) is 0 Å². The average Bonchev–Trinajstić information content (AvgIpc) is 3.10. The van der Waals surface area contributed by atoms with Gasteiger partial charge in [0.1, 0.15) is 0 Å². The highest BCUT2D eigenvalue weighted by Crippen LogP contribution is 2.19. The zero-order valence-corrected chi connectivity index (χ0v) is 18.2. The Balaban J connectivity index is 1.79. The van der Waals surface area contributed by atoms with Gasteiger partial charge in [-0.15, -0.1) is 0 Å². The Morgan fingerprint density at radius 3 is 2.60 bits per heavy atom. The molecule has 30 heavy (non-hydrogen) atoms. The van der Waals surface area contributed by atoms with Gasteiger partial charge in [0.05, 0.1) is 28.0 Å². The number of nitrogens with one attached hydrogen (secondary N) is 2. The predicted octanol–water partition coefficient (Wildman–Crippen LogP) is 3.82. The molecule has 0 aliphatic carbocycles. The number of aryl methyl sites for hydroxylation is 1. The second-order valence-corrected chi connectivity index (χ2v) is 8.89. The Bertz CT molecular complexity index is 1150. The third kappa shape index (κ3) is 4.95. The molecule has 0 aliphatic heterocycles. The summed E-state index contributed by atoms with van der Waals surface area (Å²) in [7, 11) is -3.62. The fourth-order valence-electron chi connectivity index (χ4n) is 3.06. The summed E-state index contributed by atoms with van der Waals surface area (Å²) in [4.78, 5) is 12.9. The first-order chi connectivity index (χ1) is 14.3. The lowest BCUT2D eigenvalue weighted by atomic mass is 10.2. The third-order valence-corrected chi connectivity index (χ3v) is 6.18. The van der Waals surface area contributed by atoms with Crippen molar-refractivity contribution in [3.8, 4) is 5.69 Å². The second-order valence-electron chi connectivity index (χ2n) is 7.13. The van der Waals surface area contributed by atoms with Gasteiger partial charge in [-0.25, -0.2) is 17.8 Å². The fourth-order valence-corrected chi connectivity index (χ4v) is 4.18. The molecule has 0 bridgehead atoms. The van der Waals surface area contributed by atoms with Gasteiger partial charge in [0.2, 0.25) is 10.0 Å². The van der Waals surface area contributed by atoms with Crippen molar-refractivity contribution in [2.45, 2.75) is 38.5 Å². The number of aromatic nitrogens is 2. The molecule has 0 atom stereocenters. The minimum Gasteiger partial charge on any atom is -0.322 e. The number of hydrogen-bond donors (Lipinski definition) is 2. The Labute approximate surface area is 177 Å². The van der Waals surface area contributed by atoms with Gasteiger partial charge in [-0.2, -0.15) is 5.10 Å². The van der Waals surface area contributed by atoms with Gasteiger partial charge in [-0.05, 0) is 56.2 Å². The van der Waals surface area contributed by atoms with Gasteiger partial charge in [0, 0.05) is 12.2 Å². The largest absolute Gasteiger partial charge is 0.322 e. The Kier molecular flexibility index (Phi) is 6.69. The van der Waals surface area contributed by atoms with Crippen LogP contribution in [-0.4, -0.2) is 30.7 Å². The van der Waals surface area contributed by atoms with Gasteiger partial charge < -0.3 is 5.32 Å². The maximum atomic E-state index is 12.8. The standard InChI is InChI=1S/C22H26N4O3S/c1-4-5-12-24-30(28,29)20-11-7-9-18(14-20)25-22(27)21-15-23-26(17(21)3)19-10-6-8-16(2)13-19/h6-11,13-15,24H,4-5,12H2,1-3H3,(H,25,27). The van der Waals surface area contributed by atoms with Crippen molar-refractivity contribution in [3.05, 3.63) is 71.5 Å². The molecule has 0 spiro atoms. The van der Waals surface area contributed by atoms with Crippen molar-refractivity contribution >= 4 is 21.6 Å². The molecule has 2 aromatic carbocycles. The van der Waals surface area contributed by atoms with E-state index in [9.17, 15) is 13.2 Å². The van der Waals surface area contributed by atoms with Crippen LogP contribution >= 0.6 is 0 Å². The lowest BCUT2D eigenvalue weighted by Gasteiger charge is -2.10. The molecule has 0 radical (unpaired) electrons. The lowest BCUT2D eigenvalue weighted by Crippen LogP contribution is -2.24. The monoisotopic (exact) mass is 426 g/mol. The Morgan fingerprint density at radius 1 is 1.10 bits per heavy atom. The lowest BCUT2D eigenvalue weighted by molar-refractivity contribution is 0.102. The van der Waals surface area contributed by atoms with E-state index in [1.54, 1.807) is 16.8 Å². The molecule has 3 rings (SSSR count). The zero-order chi connectivity index (χ0) is 21.7. The van der Waals surface area contributed by atoms with Crippen LogP contribution in [0.15, 0.2) is 59.6 Å². The van der Waals surface area contributed by atoms with Crippen molar-refractivity contribution in [1.29, 1.82) is 0 Å². The van der Waals surface area contributed by atoms with Crippen LogP contribution < -0.4 is 10.0 Å². The van der Waals surface area contributed by atoms with E-state index in [0.717, 1.165) is 24.1 Å². The van der Waals surface area contributed by atoms with Crippen LogP contribution in [0.3, 0.4) is 0 Å². The maximum Gasteiger partial charge on any atom is 0.259 e. The SMILES string of the molecule is CCCCNS(=O)(=O)c1cccc(NC(=O)c2cnn(-c3cccc(C)c3)c2C)c1. The molecule has 7 nitrogen and oxygen atoms in total. The number of rotatable bonds is 8. The van der Waals surface area contributed by atoms with Crippen molar-refractivity contribution < 1.29 is 13.2 Å². The van der Waals surface area contributed by atoms with Crippen LogP contribution in [-0.2, 0) is 10.0 Å². The maximum absolute atomic E-state index is 12.8. The number of carbonyl (C=O) groups excluding carboxylic acids is 1. The third-order valence-electron chi connectivity index (χ3n) is 4.73. The van der Waals surface area contributed by atoms with Crippen LogP contribution in [0, 0.1) is 13.8 Å². The smallest absolute Gasteiger partial charge is 0.259 e. The highest BCUT2D eigenvalue weighted by molar-refractivity contribution is 7.89. The molecule has 1 aromatic heterocycles. The summed E-state index contributed by atoms with van der Waals surface area (Å²) in [6, 6.07) is 14.1. The number of unbranched alkanes of at least 4 members (excludes halogenated alkanes) is 1. The highest BCUT2D eigenvalue weighted by atomic mass is 32.2. The molecule has 0 unspecified atom stereocenters. The molecule has 1 amide bonds. The zero-order valence-electron chi connectivity index (χ0n) is 17.3. The van der Waals surface area contributed by atoms with E-state index < -0.39 is 10.0 Å². The first-order valence-electron chi connectivity index (χ1n) is 9.84. The number of amides is 1. The predicted molar refractivity (Wildman–Crippen MR) is 118 cm³/mol. The van der Waals surface area contributed by atoms with Gasteiger partial charge in [-0.3, -0.25) is 4.79 Å². The topological polar surface area (TPSA) is 93.1 Å². The summed E-state index contributed by atoms with van der Waals surface area (Å²) in [5.41, 5.74) is 3.49. The Hall–Kier alpha value is -2.97. The molecule has 0 aliphatic rings. The van der Waals surface area contributed by atoms with Crippen LogP contribution in [0.2, 0.25) is 0 Å². The van der Waals surface area contributed by atoms with Gasteiger partial charge in [-0.1, -0.05) is 31.5 Å². The number of anilines is 1. The summed E-state index contributed by atoms with van der Waals surface area (Å²) in [6.07, 6.45) is 3.17. The van der Waals surface area contributed by atoms with Crippen LogP contribution in [0.25, 0.3) is 5.69 Å². The first kappa shape index (κ1) is 21.7. The summed E-state index contributed by atoms with van der Waals surface area (Å²) in [5, 5.41) is 7.11. The average molecular weight is 427 g/mol. The molecular formula is C22H26N4O3S. The molecule has 0 saturated carbocycles. The van der Waals surface area contributed by atoms with E-state index in [0.29, 0.717) is 23.5 Å². The first-order valence-corrected chi connectivity index (χ1v) is 11.3. The molecule has 158 valence electrons. The molecule has 2 N–H and O–H groups in total. The number of sulfonamides is 1. The summed E-state index contributed by atoms with van der Waals surface area (Å²) in [6.45, 7) is 6.19. The van der Waals surface area contributed by atoms with E-state index in [1.807, 2.05) is 45.0 Å².